The van der Waals surface area contributed by atoms with Crippen LogP contribution in [0.15, 0.2) is 57.1 Å². The van der Waals surface area contributed by atoms with Gasteiger partial charge >= 0.3 is 0 Å². The first-order valence-corrected chi connectivity index (χ1v) is 7.31. The maximum atomic E-state index is 13.2. The van der Waals surface area contributed by atoms with Crippen LogP contribution >= 0.6 is 15.9 Å². The smallest absolute Gasteiger partial charge is 0.279 e. The zero-order valence-corrected chi connectivity index (χ0v) is 13.2. The number of anilines is 1. The second-order valence-electron chi connectivity index (χ2n) is 4.75. The van der Waals surface area contributed by atoms with Gasteiger partial charge in [-0.2, -0.15) is 5.10 Å². The molecule has 1 aliphatic rings. The lowest BCUT2D eigenvalue weighted by atomic mass is 10.1. The Morgan fingerprint density at radius 1 is 1.23 bits per heavy atom. The summed E-state index contributed by atoms with van der Waals surface area (Å²) in [7, 11) is 1.70. The molecule has 1 amide bonds. The molecule has 22 heavy (non-hydrogen) atoms. The lowest BCUT2D eigenvalue weighted by Gasteiger charge is -2.07. The highest BCUT2D eigenvalue weighted by molar-refractivity contribution is 9.10. The second kappa shape index (κ2) is 5.81. The molecule has 110 valence electrons. The van der Waals surface area contributed by atoms with Crippen LogP contribution in [0.25, 0.3) is 0 Å². The fourth-order valence-electron chi connectivity index (χ4n) is 2.19. The van der Waals surface area contributed by atoms with Crippen molar-refractivity contribution < 1.29 is 9.18 Å². The maximum Gasteiger partial charge on any atom is 0.279 e. The van der Waals surface area contributed by atoms with E-state index < -0.39 is 0 Å². The summed E-state index contributed by atoms with van der Waals surface area (Å²) in [5.41, 5.74) is 2.55. The van der Waals surface area contributed by atoms with Crippen molar-refractivity contribution in [2.45, 2.75) is 0 Å². The van der Waals surface area contributed by atoms with E-state index in [0.29, 0.717) is 15.7 Å². The molecule has 3 rings (SSSR count). The normalized spacial score (nSPS) is 15.9. The zero-order valence-electron chi connectivity index (χ0n) is 11.6. The number of nitrogens with zero attached hydrogens (tertiary/aromatic N) is 3. The number of para-hydroxylation sites is 1. The van der Waals surface area contributed by atoms with Crippen LogP contribution in [-0.4, -0.2) is 24.9 Å². The van der Waals surface area contributed by atoms with Gasteiger partial charge in [-0.05, 0) is 39.7 Å². The molecule has 6 heteroatoms. The molecule has 0 bridgehead atoms. The number of hydrogen-bond donors (Lipinski definition) is 0. The minimum atomic E-state index is -0.343. The number of benzene rings is 2. The minimum Gasteiger partial charge on any atom is -0.309 e. The zero-order chi connectivity index (χ0) is 15.7. The molecular weight excluding hydrogens is 349 g/mol. The van der Waals surface area contributed by atoms with Crippen molar-refractivity contribution >= 4 is 39.5 Å². The van der Waals surface area contributed by atoms with Crippen molar-refractivity contribution in [1.82, 2.24) is 0 Å². The summed E-state index contributed by atoms with van der Waals surface area (Å²) in [6, 6.07) is 11.9. The largest absolute Gasteiger partial charge is 0.309 e. The van der Waals surface area contributed by atoms with Crippen LogP contribution in [0, 0.1) is 5.82 Å². The van der Waals surface area contributed by atoms with Crippen molar-refractivity contribution in [3.63, 3.8) is 0 Å². The Morgan fingerprint density at radius 3 is 2.77 bits per heavy atom. The van der Waals surface area contributed by atoms with Gasteiger partial charge in [0.25, 0.3) is 5.91 Å². The van der Waals surface area contributed by atoms with E-state index in [0.717, 1.165) is 11.3 Å². The van der Waals surface area contributed by atoms with E-state index in [1.54, 1.807) is 19.2 Å². The number of fused-ring (bicyclic) bond motifs is 1. The van der Waals surface area contributed by atoms with Crippen molar-refractivity contribution in [2.75, 3.05) is 11.9 Å². The summed E-state index contributed by atoms with van der Waals surface area (Å²) in [4.78, 5) is 13.7. The van der Waals surface area contributed by atoms with Crippen LogP contribution in [0.2, 0.25) is 0 Å². The topological polar surface area (TPSA) is 45.0 Å². The molecule has 0 radical (unpaired) electrons. The molecule has 4 nitrogen and oxygen atoms in total. The Labute approximate surface area is 135 Å². The molecule has 0 spiro atoms. The van der Waals surface area contributed by atoms with Crippen molar-refractivity contribution in [2.24, 2.45) is 10.2 Å². The van der Waals surface area contributed by atoms with Crippen molar-refractivity contribution in [1.29, 1.82) is 0 Å². The summed E-state index contributed by atoms with van der Waals surface area (Å²) in [5.74, 6) is -0.538. The van der Waals surface area contributed by atoms with E-state index in [2.05, 4.69) is 26.1 Å². The van der Waals surface area contributed by atoms with Gasteiger partial charge in [-0.15, -0.1) is 5.10 Å². The Kier molecular flexibility index (Phi) is 3.85. The van der Waals surface area contributed by atoms with Crippen LogP contribution in [0.5, 0.6) is 0 Å². The fourth-order valence-corrected chi connectivity index (χ4v) is 2.59. The average Bonchev–Trinajstić information content (AvgIpc) is 2.76. The van der Waals surface area contributed by atoms with Crippen LogP contribution in [0.4, 0.5) is 10.1 Å². The van der Waals surface area contributed by atoms with E-state index in [1.165, 1.54) is 17.2 Å². The van der Waals surface area contributed by atoms with E-state index in [-0.39, 0.29) is 11.7 Å². The maximum absolute atomic E-state index is 13.2. The highest BCUT2D eigenvalue weighted by atomic mass is 79.9. The van der Waals surface area contributed by atoms with Gasteiger partial charge in [0.2, 0.25) is 0 Å². The summed E-state index contributed by atoms with van der Waals surface area (Å²) >= 11 is 3.11. The quantitative estimate of drug-likeness (QED) is 0.598. The number of likely N-dealkylation sites (N-methyl/N-ethyl adjacent to an activating group) is 1. The second-order valence-corrected chi connectivity index (χ2v) is 5.60. The van der Waals surface area contributed by atoms with E-state index in [4.69, 9.17) is 0 Å². The molecule has 2 aromatic rings. The summed E-state index contributed by atoms with van der Waals surface area (Å²) in [6.07, 6.45) is 1.48. The predicted octanol–water partition coefficient (Wildman–Crippen LogP) is 3.39. The van der Waals surface area contributed by atoms with Crippen molar-refractivity contribution in [3.05, 3.63) is 63.9 Å². The molecule has 0 aromatic heterocycles. The number of halogens is 2. The summed E-state index contributed by atoms with van der Waals surface area (Å²) < 4.78 is 13.5. The van der Waals surface area contributed by atoms with Crippen LogP contribution in [0.3, 0.4) is 0 Å². The van der Waals surface area contributed by atoms with Gasteiger partial charge in [-0.3, -0.25) is 4.79 Å². The highest BCUT2D eigenvalue weighted by Crippen LogP contribution is 2.27. The molecule has 0 atom stereocenters. The van der Waals surface area contributed by atoms with Gasteiger partial charge in [-0.25, -0.2) is 4.39 Å². The van der Waals surface area contributed by atoms with Gasteiger partial charge < -0.3 is 4.90 Å². The molecular formula is C16H11BrFN3O. The van der Waals surface area contributed by atoms with Crippen LogP contribution in [0.1, 0.15) is 11.1 Å². The predicted molar refractivity (Wildman–Crippen MR) is 88.1 cm³/mol. The molecule has 1 heterocycles. The number of hydrogen-bond acceptors (Lipinski definition) is 3. The number of rotatable bonds is 2. The van der Waals surface area contributed by atoms with E-state index >= 15 is 0 Å². The fraction of sp³-hybridized carbons (Fsp3) is 0.0625. The Balaban J connectivity index is 1.91. The molecule has 1 aliphatic heterocycles. The number of amides is 1. The van der Waals surface area contributed by atoms with Gasteiger partial charge in [0.05, 0.1) is 16.4 Å². The minimum absolute atomic E-state index is 0.196. The SMILES string of the molecule is CN1C(=O)/C(=N/N=C\c2ccc(F)c(Br)c2)c2ccccc21. The molecule has 0 N–H and O–H groups in total. The third kappa shape index (κ3) is 2.57. The molecule has 0 saturated carbocycles. The lowest BCUT2D eigenvalue weighted by Crippen LogP contribution is -2.25. The van der Waals surface area contributed by atoms with Crippen LogP contribution < -0.4 is 4.90 Å². The summed E-state index contributed by atoms with van der Waals surface area (Å²) in [5, 5.41) is 7.98. The monoisotopic (exact) mass is 359 g/mol. The van der Waals surface area contributed by atoms with Gasteiger partial charge in [0.15, 0.2) is 5.71 Å². The van der Waals surface area contributed by atoms with E-state index in [9.17, 15) is 9.18 Å². The number of carbonyl (C=O) groups is 1. The van der Waals surface area contributed by atoms with Gasteiger partial charge in [0, 0.05) is 12.6 Å². The lowest BCUT2D eigenvalue weighted by molar-refractivity contribution is -0.111. The first-order valence-electron chi connectivity index (χ1n) is 6.51. The third-order valence-corrected chi connectivity index (χ3v) is 3.94. The molecule has 0 unspecified atom stereocenters. The summed E-state index contributed by atoms with van der Waals surface area (Å²) in [6.45, 7) is 0. The molecule has 0 aliphatic carbocycles. The Bertz CT molecular complexity index is 817. The van der Waals surface area contributed by atoms with Gasteiger partial charge in [0.1, 0.15) is 5.82 Å². The Hall–Kier alpha value is -2.34. The standard InChI is InChI=1S/C16H11BrFN3O/c1-21-14-5-3-2-4-11(14)15(16(21)22)20-19-9-10-6-7-13(18)12(17)8-10/h2-9H,1H3/b19-9-,20-15+. The third-order valence-electron chi connectivity index (χ3n) is 3.34. The molecule has 0 saturated heterocycles. The molecule has 2 aromatic carbocycles. The van der Waals surface area contributed by atoms with E-state index in [1.807, 2.05) is 24.3 Å². The average molecular weight is 360 g/mol. The Morgan fingerprint density at radius 2 is 2.00 bits per heavy atom. The first-order chi connectivity index (χ1) is 10.6. The highest BCUT2D eigenvalue weighted by Gasteiger charge is 2.30. The van der Waals surface area contributed by atoms with Crippen LogP contribution in [-0.2, 0) is 4.79 Å². The first kappa shape index (κ1) is 14.6. The number of carbonyl (C=O) groups excluding carboxylic acids is 1. The molecule has 0 fully saturated rings. The van der Waals surface area contributed by atoms with Gasteiger partial charge in [-0.1, -0.05) is 24.3 Å². The van der Waals surface area contributed by atoms with Crippen molar-refractivity contribution in [3.8, 4) is 0 Å².